The summed E-state index contributed by atoms with van der Waals surface area (Å²) in [5, 5.41) is 19.0. The highest BCUT2D eigenvalue weighted by Gasteiger charge is 2.54. The molecular weight excluding hydrogens is 412 g/mol. The van der Waals surface area contributed by atoms with Crippen molar-refractivity contribution in [1.29, 1.82) is 0 Å². The largest absolute Gasteiger partial charge is 0.440 e. The fraction of sp³-hybridized carbons (Fsp3) is 0.407. The average Bonchev–Trinajstić information content (AvgIpc) is 3.40. The van der Waals surface area contributed by atoms with Crippen LogP contribution < -0.4 is 4.57 Å². The maximum Gasteiger partial charge on any atom is 0.200 e. The summed E-state index contributed by atoms with van der Waals surface area (Å²) in [6.45, 7) is 12.4. The van der Waals surface area contributed by atoms with Crippen molar-refractivity contribution < 1.29 is 14.2 Å². The SMILES string of the molecule is Cc1c2cc[n+](C)cc2c(C)c2c1[nH]c1ccc3oc(C4CC(C)(C)N([O])C4(C)C)nc3c12. The summed E-state index contributed by atoms with van der Waals surface area (Å²) in [4.78, 5) is 8.71. The van der Waals surface area contributed by atoms with Crippen LogP contribution in [0.3, 0.4) is 0 Å². The monoisotopic (exact) mass is 442 g/mol. The zero-order valence-corrected chi connectivity index (χ0v) is 20.3. The molecule has 0 bridgehead atoms. The summed E-state index contributed by atoms with van der Waals surface area (Å²) in [7, 11) is 2.06. The van der Waals surface area contributed by atoms with E-state index in [1.807, 2.05) is 33.8 Å². The molecule has 6 nitrogen and oxygen atoms in total. The van der Waals surface area contributed by atoms with E-state index in [9.17, 15) is 5.21 Å². The molecule has 169 valence electrons. The fourth-order valence-corrected chi connectivity index (χ4v) is 6.13. The maximum atomic E-state index is 13.0. The Morgan fingerprint density at radius 3 is 2.55 bits per heavy atom. The van der Waals surface area contributed by atoms with E-state index in [2.05, 4.69) is 55.0 Å². The van der Waals surface area contributed by atoms with Gasteiger partial charge in [-0.25, -0.2) is 9.55 Å². The van der Waals surface area contributed by atoms with Gasteiger partial charge in [0.25, 0.3) is 0 Å². The fourth-order valence-electron chi connectivity index (χ4n) is 6.13. The number of oxazole rings is 1. The number of fused-ring (bicyclic) bond motifs is 6. The van der Waals surface area contributed by atoms with Gasteiger partial charge in [0.15, 0.2) is 18.0 Å². The van der Waals surface area contributed by atoms with E-state index in [-0.39, 0.29) is 5.92 Å². The van der Waals surface area contributed by atoms with Crippen LogP contribution in [0.4, 0.5) is 0 Å². The standard InChI is InChI=1S/C27H29N4O2/c1-14-17-13-30(7)11-10-16(17)15(2)23-21(14)22-19(28-23)8-9-20-24(22)29-25(33-20)18-12-26(3,4)31(32)27(18,5)6/h8-11,13,18H,12H2,1-7H3/p+1. The first-order valence-electron chi connectivity index (χ1n) is 11.6. The Hall–Kier alpha value is -2.96. The second kappa shape index (κ2) is 6.33. The van der Waals surface area contributed by atoms with Gasteiger partial charge >= 0.3 is 0 Å². The number of H-pyrrole nitrogens is 1. The first kappa shape index (κ1) is 20.6. The van der Waals surface area contributed by atoms with Crippen LogP contribution in [0.2, 0.25) is 0 Å². The predicted octanol–water partition coefficient (Wildman–Crippen LogP) is 5.75. The molecule has 1 atom stereocenters. The molecule has 0 saturated carbocycles. The van der Waals surface area contributed by atoms with Gasteiger partial charge in [0, 0.05) is 33.3 Å². The van der Waals surface area contributed by atoms with Gasteiger partial charge in [0.1, 0.15) is 12.6 Å². The van der Waals surface area contributed by atoms with Gasteiger partial charge in [-0.05, 0) is 76.6 Å². The number of benzene rings is 2. The molecule has 33 heavy (non-hydrogen) atoms. The molecule has 5 aromatic rings. The van der Waals surface area contributed by atoms with Gasteiger partial charge in [-0.1, -0.05) is 0 Å². The third kappa shape index (κ3) is 2.62. The molecule has 0 amide bonds. The van der Waals surface area contributed by atoms with Crippen molar-refractivity contribution in [2.75, 3.05) is 0 Å². The molecule has 6 rings (SSSR count). The lowest BCUT2D eigenvalue weighted by Gasteiger charge is -2.32. The van der Waals surface area contributed by atoms with E-state index in [4.69, 9.17) is 9.40 Å². The van der Waals surface area contributed by atoms with Gasteiger partial charge < -0.3 is 9.40 Å². The molecule has 0 aliphatic carbocycles. The average molecular weight is 443 g/mol. The molecule has 6 heteroatoms. The molecule has 1 radical (unpaired) electrons. The molecule has 1 saturated heterocycles. The van der Waals surface area contributed by atoms with Crippen LogP contribution in [0, 0.1) is 13.8 Å². The van der Waals surface area contributed by atoms with Gasteiger partial charge in [0.05, 0.1) is 17.0 Å². The van der Waals surface area contributed by atoms with Crippen molar-refractivity contribution in [2.45, 2.75) is 65.0 Å². The van der Waals surface area contributed by atoms with Crippen molar-refractivity contribution in [3.05, 3.63) is 47.6 Å². The number of nitrogens with one attached hydrogen (secondary N) is 1. The van der Waals surface area contributed by atoms with Gasteiger partial charge in [0.2, 0.25) is 5.89 Å². The lowest BCUT2D eigenvalue weighted by Crippen LogP contribution is -2.45. The number of rotatable bonds is 1. The van der Waals surface area contributed by atoms with Gasteiger partial charge in [-0.3, -0.25) is 0 Å². The molecule has 1 aliphatic heterocycles. The highest BCUT2D eigenvalue weighted by Crippen LogP contribution is 2.50. The summed E-state index contributed by atoms with van der Waals surface area (Å²) >= 11 is 0. The van der Waals surface area contributed by atoms with Crippen LogP contribution in [0.1, 0.15) is 57.1 Å². The van der Waals surface area contributed by atoms with Gasteiger partial charge in [-0.15, -0.1) is 10.3 Å². The Bertz CT molecular complexity index is 1610. The minimum absolute atomic E-state index is 0.0691. The van der Waals surface area contributed by atoms with Crippen molar-refractivity contribution >= 4 is 43.7 Å². The quantitative estimate of drug-likeness (QED) is 0.336. The van der Waals surface area contributed by atoms with E-state index in [1.54, 1.807) is 0 Å². The van der Waals surface area contributed by atoms with Crippen LogP contribution in [0.25, 0.3) is 43.7 Å². The minimum atomic E-state index is -0.582. The lowest BCUT2D eigenvalue weighted by atomic mass is 9.87. The Labute approximate surface area is 192 Å². The third-order valence-corrected chi connectivity index (χ3v) is 7.92. The number of aromatic nitrogens is 3. The molecule has 1 aliphatic rings. The Morgan fingerprint density at radius 2 is 1.85 bits per heavy atom. The smallest absolute Gasteiger partial charge is 0.200 e. The second-order valence-electron chi connectivity index (χ2n) is 11.0. The number of nitrogens with zero attached hydrogens (tertiary/aromatic N) is 3. The minimum Gasteiger partial charge on any atom is -0.440 e. The second-order valence-corrected chi connectivity index (χ2v) is 11.0. The van der Waals surface area contributed by atoms with Crippen molar-refractivity contribution in [3.63, 3.8) is 0 Å². The molecule has 3 aromatic heterocycles. The molecule has 1 unspecified atom stereocenters. The maximum absolute atomic E-state index is 13.0. The van der Waals surface area contributed by atoms with E-state index in [0.29, 0.717) is 12.3 Å². The highest BCUT2D eigenvalue weighted by molar-refractivity contribution is 6.23. The summed E-state index contributed by atoms with van der Waals surface area (Å²) in [5.41, 5.74) is 5.28. The summed E-state index contributed by atoms with van der Waals surface area (Å²) in [6, 6.07) is 6.26. The number of aryl methyl sites for hydroxylation is 3. The number of aromatic amines is 1. The summed E-state index contributed by atoms with van der Waals surface area (Å²) in [6.07, 6.45) is 5.00. The Kier molecular flexibility index (Phi) is 3.96. The molecular formula is C27H30N4O2+. The van der Waals surface area contributed by atoms with Crippen molar-refractivity contribution in [1.82, 2.24) is 15.0 Å². The molecule has 1 fully saturated rings. The Balaban J connectivity index is 1.67. The lowest BCUT2D eigenvalue weighted by molar-refractivity contribution is -0.670. The molecule has 1 N–H and O–H groups in total. The van der Waals surface area contributed by atoms with Crippen LogP contribution in [0.15, 0.2) is 35.0 Å². The normalized spacial score (nSPS) is 20.7. The molecule has 4 heterocycles. The van der Waals surface area contributed by atoms with E-state index in [0.717, 1.165) is 27.5 Å². The topological polar surface area (TPSA) is 68.8 Å². The summed E-state index contributed by atoms with van der Waals surface area (Å²) in [5.74, 6) is 0.588. The van der Waals surface area contributed by atoms with E-state index in [1.165, 1.54) is 32.3 Å². The van der Waals surface area contributed by atoms with Crippen molar-refractivity contribution in [2.24, 2.45) is 7.05 Å². The van der Waals surface area contributed by atoms with Crippen LogP contribution in [0.5, 0.6) is 0 Å². The van der Waals surface area contributed by atoms with Crippen LogP contribution in [-0.4, -0.2) is 26.1 Å². The number of hydroxylamine groups is 2. The first-order valence-corrected chi connectivity index (χ1v) is 11.6. The van der Waals surface area contributed by atoms with Crippen LogP contribution >= 0.6 is 0 Å². The number of hydrogen-bond donors (Lipinski definition) is 1. The summed E-state index contributed by atoms with van der Waals surface area (Å²) < 4.78 is 8.43. The predicted molar refractivity (Wildman–Crippen MR) is 130 cm³/mol. The molecule has 0 spiro atoms. The van der Waals surface area contributed by atoms with Crippen molar-refractivity contribution in [3.8, 4) is 0 Å². The first-order chi connectivity index (χ1) is 15.5. The Morgan fingerprint density at radius 1 is 1.09 bits per heavy atom. The van der Waals surface area contributed by atoms with E-state index < -0.39 is 11.1 Å². The highest BCUT2D eigenvalue weighted by atomic mass is 16.5. The third-order valence-electron chi connectivity index (χ3n) is 7.92. The number of pyridine rings is 1. The molecule has 2 aromatic carbocycles. The van der Waals surface area contributed by atoms with Gasteiger partial charge in [-0.2, -0.15) is 0 Å². The zero-order valence-electron chi connectivity index (χ0n) is 20.3. The van der Waals surface area contributed by atoms with Crippen LogP contribution in [-0.2, 0) is 12.3 Å². The number of hydrogen-bond acceptors (Lipinski definition) is 3. The zero-order chi connectivity index (χ0) is 23.4. The van der Waals surface area contributed by atoms with E-state index >= 15 is 0 Å².